The van der Waals surface area contributed by atoms with E-state index in [4.69, 9.17) is 4.74 Å². The first kappa shape index (κ1) is 10.9. The zero-order valence-corrected chi connectivity index (χ0v) is 9.62. The highest BCUT2D eigenvalue weighted by Crippen LogP contribution is 2.29. The van der Waals surface area contributed by atoms with Gasteiger partial charge in [-0.1, -0.05) is 6.92 Å². The van der Waals surface area contributed by atoms with Crippen molar-refractivity contribution in [2.24, 2.45) is 0 Å². The molecule has 0 saturated heterocycles. The van der Waals surface area contributed by atoms with Crippen LogP contribution in [0.1, 0.15) is 35.8 Å². The van der Waals surface area contributed by atoms with Gasteiger partial charge in [-0.2, -0.15) is 0 Å². The molecule has 0 atom stereocenters. The van der Waals surface area contributed by atoms with E-state index >= 15 is 0 Å². The van der Waals surface area contributed by atoms with Gasteiger partial charge in [0.2, 0.25) is 0 Å². The zero-order chi connectivity index (χ0) is 11.5. The third kappa shape index (κ3) is 2.32. The molecular formula is C12H16N2O2. The van der Waals surface area contributed by atoms with E-state index in [0.717, 1.165) is 30.6 Å². The molecule has 1 N–H and O–H groups in total. The van der Waals surface area contributed by atoms with Crippen LogP contribution in [-0.2, 0) is 6.42 Å². The smallest absolute Gasteiger partial charge is 0.269 e. The molecule has 1 saturated carbocycles. The van der Waals surface area contributed by atoms with Gasteiger partial charge in [0, 0.05) is 7.05 Å². The highest BCUT2D eigenvalue weighted by atomic mass is 16.5. The Morgan fingerprint density at radius 1 is 1.62 bits per heavy atom. The largest absolute Gasteiger partial charge is 0.489 e. The molecule has 0 aliphatic heterocycles. The van der Waals surface area contributed by atoms with Crippen molar-refractivity contribution in [3.8, 4) is 5.75 Å². The lowest BCUT2D eigenvalue weighted by Crippen LogP contribution is -2.19. The number of aromatic nitrogens is 1. The molecule has 1 fully saturated rings. The Labute approximate surface area is 95.0 Å². The molecule has 1 amide bonds. The number of hydrogen-bond acceptors (Lipinski definition) is 3. The second kappa shape index (κ2) is 4.51. The first-order valence-electron chi connectivity index (χ1n) is 5.62. The van der Waals surface area contributed by atoms with Gasteiger partial charge in [0.05, 0.1) is 12.3 Å². The molecule has 2 rings (SSSR count). The Hall–Kier alpha value is -1.58. The van der Waals surface area contributed by atoms with E-state index < -0.39 is 0 Å². The Kier molecular flexibility index (Phi) is 3.08. The van der Waals surface area contributed by atoms with Crippen molar-refractivity contribution in [1.82, 2.24) is 10.3 Å². The molecular weight excluding hydrogens is 204 g/mol. The van der Waals surface area contributed by atoms with E-state index in [0.29, 0.717) is 11.8 Å². The summed E-state index contributed by atoms with van der Waals surface area (Å²) in [6, 6.07) is 1.80. The number of rotatable bonds is 4. The molecule has 0 unspecified atom stereocenters. The monoisotopic (exact) mass is 220 g/mol. The summed E-state index contributed by atoms with van der Waals surface area (Å²) in [6.45, 7) is 2.04. The van der Waals surface area contributed by atoms with E-state index in [2.05, 4.69) is 10.3 Å². The van der Waals surface area contributed by atoms with Crippen LogP contribution in [0.15, 0.2) is 12.3 Å². The summed E-state index contributed by atoms with van der Waals surface area (Å²) < 4.78 is 5.72. The van der Waals surface area contributed by atoms with Gasteiger partial charge in [0.1, 0.15) is 11.4 Å². The highest BCUT2D eigenvalue weighted by Gasteiger charge is 2.24. The molecule has 0 radical (unpaired) electrons. The fourth-order valence-corrected chi connectivity index (χ4v) is 1.48. The van der Waals surface area contributed by atoms with Gasteiger partial charge < -0.3 is 10.1 Å². The SMILES string of the molecule is CCc1cc(C(=O)NC)ncc1OC1CC1. The van der Waals surface area contributed by atoms with Crippen LogP contribution in [0.2, 0.25) is 0 Å². The van der Waals surface area contributed by atoms with Crippen molar-refractivity contribution in [2.75, 3.05) is 7.05 Å². The van der Waals surface area contributed by atoms with Gasteiger partial charge >= 0.3 is 0 Å². The number of carbonyl (C=O) groups is 1. The van der Waals surface area contributed by atoms with Crippen molar-refractivity contribution in [3.63, 3.8) is 0 Å². The molecule has 1 aromatic rings. The average molecular weight is 220 g/mol. The van der Waals surface area contributed by atoms with Crippen LogP contribution in [0.5, 0.6) is 5.75 Å². The van der Waals surface area contributed by atoms with Gasteiger partial charge in [-0.15, -0.1) is 0 Å². The molecule has 1 heterocycles. The lowest BCUT2D eigenvalue weighted by atomic mass is 10.1. The molecule has 4 nitrogen and oxygen atoms in total. The molecule has 0 aromatic carbocycles. The Morgan fingerprint density at radius 3 is 2.94 bits per heavy atom. The van der Waals surface area contributed by atoms with Gasteiger partial charge in [-0.3, -0.25) is 4.79 Å². The minimum Gasteiger partial charge on any atom is -0.489 e. The summed E-state index contributed by atoms with van der Waals surface area (Å²) in [5, 5.41) is 2.56. The lowest BCUT2D eigenvalue weighted by molar-refractivity contribution is 0.0958. The quantitative estimate of drug-likeness (QED) is 0.837. The first-order valence-corrected chi connectivity index (χ1v) is 5.62. The third-order valence-corrected chi connectivity index (χ3v) is 2.61. The Bertz CT molecular complexity index is 400. The number of nitrogens with zero attached hydrogens (tertiary/aromatic N) is 1. The van der Waals surface area contributed by atoms with Crippen LogP contribution in [0.25, 0.3) is 0 Å². The molecule has 1 aliphatic rings. The first-order chi connectivity index (χ1) is 7.74. The molecule has 86 valence electrons. The number of carbonyl (C=O) groups excluding carboxylic acids is 1. The predicted molar refractivity (Wildman–Crippen MR) is 60.7 cm³/mol. The summed E-state index contributed by atoms with van der Waals surface area (Å²) in [7, 11) is 1.60. The van der Waals surface area contributed by atoms with Crippen molar-refractivity contribution < 1.29 is 9.53 Å². The summed E-state index contributed by atoms with van der Waals surface area (Å²) in [4.78, 5) is 15.5. The van der Waals surface area contributed by atoms with Crippen LogP contribution >= 0.6 is 0 Å². The lowest BCUT2D eigenvalue weighted by Gasteiger charge is -2.10. The van der Waals surface area contributed by atoms with Crippen molar-refractivity contribution >= 4 is 5.91 Å². The number of hydrogen-bond donors (Lipinski definition) is 1. The number of amides is 1. The molecule has 1 aliphatic carbocycles. The molecule has 4 heteroatoms. The molecule has 0 bridgehead atoms. The number of pyridine rings is 1. The van der Waals surface area contributed by atoms with E-state index in [9.17, 15) is 4.79 Å². The Balaban J connectivity index is 2.22. The standard InChI is InChI=1S/C12H16N2O2/c1-3-8-6-10(12(15)13-2)14-7-11(8)16-9-4-5-9/h6-7,9H,3-5H2,1-2H3,(H,13,15). The maximum absolute atomic E-state index is 11.4. The normalized spacial score (nSPS) is 14.6. The van der Waals surface area contributed by atoms with Crippen LogP contribution in [-0.4, -0.2) is 24.0 Å². The van der Waals surface area contributed by atoms with Crippen LogP contribution in [0, 0.1) is 0 Å². The second-order valence-electron chi connectivity index (χ2n) is 3.93. The van der Waals surface area contributed by atoms with E-state index in [1.54, 1.807) is 19.3 Å². The predicted octanol–water partition coefficient (Wildman–Crippen LogP) is 1.54. The van der Waals surface area contributed by atoms with Gasteiger partial charge in [-0.05, 0) is 30.9 Å². The minimum absolute atomic E-state index is 0.160. The fraction of sp³-hybridized carbons (Fsp3) is 0.500. The zero-order valence-electron chi connectivity index (χ0n) is 9.62. The summed E-state index contributed by atoms with van der Waals surface area (Å²) in [6.07, 6.45) is 5.11. The van der Waals surface area contributed by atoms with E-state index in [1.807, 2.05) is 6.92 Å². The molecule has 16 heavy (non-hydrogen) atoms. The van der Waals surface area contributed by atoms with Crippen LogP contribution in [0.4, 0.5) is 0 Å². The van der Waals surface area contributed by atoms with Crippen molar-refractivity contribution in [2.45, 2.75) is 32.3 Å². The Morgan fingerprint density at radius 2 is 2.38 bits per heavy atom. The van der Waals surface area contributed by atoms with Gasteiger partial charge in [-0.25, -0.2) is 4.98 Å². The topological polar surface area (TPSA) is 51.2 Å². The van der Waals surface area contributed by atoms with Crippen molar-refractivity contribution in [1.29, 1.82) is 0 Å². The van der Waals surface area contributed by atoms with Gasteiger partial charge in [0.25, 0.3) is 5.91 Å². The summed E-state index contributed by atoms with van der Waals surface area (Å²) >= 11 is 0. The second-order valence-corrected chi connectivity index (χ2v) is 3.93. The molecule has 0 spiro atoms. The maximum Gasteiger partial charge on any atom is 0.269 e. The summed E-state index contributed by atoms with van der Waals surface area (Å²) in [5.74, 6) is 0.658. The van der Waals surface area contributed by atoms with E-state index in [1.165, 1.54) is 0 Å². The fourth-order valence-electron chi connectivity index (χ4n) is 1.48. The van der Waals surface area contributed by atoms with Crippen LogP contribution in [0.3, 0.4) is 0 Å². The highest BCUT2D eigenvalue weighted by molar-refractivity contribution is 5.92. The maximum atomic E-state index is 11.4. The minimum atomic E-state index is -0.160. The van der Waals surface area contributed by atoms with Crippen molar-refractivity contribution in [3.05, 3.63) is 23.5 Å². The number of ether oxygens (including phenoxy) is 1. The summed E-state index contributed by atoms with van der Waals surface area (Å²) in [5.41, 5.74) is 1.49. The van der Waals surface area contributed by atoms with E-state index in [-0.39, 0.29) is 5.91 Å². The number of nitrogens with one attached hydrogen (secondary N) is 1. The van der Waals surface area contributed by atoms with Crippen LogP contribution < -0.4 is 10.1 Å². The van der Waals surface area contributed by atoms with Gasteiger partial charge in [0.15, 0.2) is 0 Å². The molecule has 1 aromatic heterocycles. The average Bonchev–Trinajstić information content (AvgIpc) is 3.12. The third-order valence-electron chi connectivity index (χ3n) is 2.61. The number of aryl methyl sites for hydroxylation is 1.